The van der Waals surface area contributed by atoms with E-state index in [0.29, 0.717) is 35.3 Å². The molecule has 1 aromatic carbocycles. The van der Waals surface area contributed by atoms with E-state index in [-0.39, 0.29) is 17.6 Å². The molecule has 0 saturated carbocycles. The van der Waals surface area contributed by atoms with Crippen LogP contribution in [0.2, 0.25) is 0 Å². The third-order valence-electron chi connectivity index (χ3n) is 3.84. The van der Waals surface area contributed by atoms with Gasteiger partial charge in [0.2, 0.25) is 0 Å². The molecular weight excluding hydrogens is 318 g/mol. The molecule has 0 aliphatic carbocycles. The number of carbonyl (C=O) groups is 1. The predicted octanol–water partition coefficient (Wildman–Crippen LogP) is 2.39. The Labute approximate surface area is 145 Å². The van der Waals surface area contributed by atoms with E-state index in [1.165, 1.54) is 10.6 Å². The molecule has 0 fully saturated rings. The molecule has 0 atom stereocenters. The minimum absolute atomic E-state index is 0.180. The van der Waals surface area contributed by atoms with Crippen molar-refractivity contribution in [2.24, 2.45) is 0 Å². The second-order valence-corrected chi connectivity index (χ2v) is 6.11. The summed E-state index contributed by atoms with van der Waals surface area (Å²) in [5.74, 6) is -0.216. The van der Waals surface area contributed by atoms with Crippen LogP contribution in [0.15, 0.2) is 47.4 Å². The normalized spacial score (nSPS) is 11.3. The van der Waals surface area contributed by atoms with E-state index in [2.05, 4.69) is 10.3 Å². The van der Waals surface area contributed by atoms with Crippen molar-refractivity contribution in [2.45, 2.75) is 26.4 Å². The molecule has 130 valence electrons. The maximum Gasteiger partial charge on any atom is 0.265 e. The average Bonchev–Trinajstić information content (AvgIpc) is 2.61. The Morgan fingerprint density at radius 3 is 2.84 bits per heavy atom. The van der Waals surface area contributed by atoms with Crippen molar-refractivity contribution in [3.05, 3.63) is 58.5 Å². The molecule has 1 N–H and O–H groups in total. The molecule has 0 spiro atoms. The monoisotopic (exact) mass is 339 g/mol. The van der Waals surface area contributed by atoms with Crippen LogP contribution in [-0.4, -0.2) is 34.5 Å². The van der Waals surface area contributed by atoms with Crippen LogP contribution in [-0.2, 0) is 4.74 Å². The Morgan fingerprint density at radius 1 is 1.24 bits per heavy atom. The van der Waals surface area contributed by atoms with Crippen LogP contribution in [0.3, 0.4) is 0 Å². The maximum absolute atomic E-state index is 12.6. The predicted molar refractivity (Wildman–Crippen MR) is 97.0 cm³/mol. The number of pyridine rings is 1. The number of aromatic nitrogens is 2. The number of carbonyl (C=O) groups excluding carboxylic acids is 1. The molecule has 2 aromatic heterocycles. The zero-order valence-corrected chi connectivity index (χ0v) is 14.4. The number of fused-ring (bicyclic) bond motifs is 2. The molecule has 0 unspecified atom stereocenters. The molecule has 0 saturated heterocycles. The largest absolute Gasteiger partial charge is 0.379 e. The summed E-state index contributed by atoms with van der Waals surface area (Å²) in [5.41, 5.74) is 1.41. The molecule has 1 amide bonds. The van der Waals surface area contributed by atoms with E-state index in [1.54, 1.807) is 30.3 Å². The van der Waals surface area contributed by atoms with Crippen molar-refractivity contribution in [1.29, 1.82) is 0 Å². The van der Waals surface area contributed by atoms with E-state index >= 15 is 0 Å². The third-order valence-corrected chi connectivity index (χ3v) is 3.84. The second-order valence-electron chi connectivity index (χ2n) is 6.11. The molecule has 3 rings (SSSR count). The molecule has 0 aliphatic rings. The summed E-state index contributed by atoms with van der Waals surface area (Å²) in [6, 6.07) is 10.5. The summed E-state index contributed by atoms with van der Waals surface area (Å²) in [6.07, 6.45) is 2.46. The summed E-state index contributed by atoms with van der Waals surface area (Å²) < 4.78 is 6.85. The highest BCUT2D eigenvalue weighted by molar-refractivity contribution is 5.94. The summed E-state index contributed by atoms with van der Waals surface area (Å²) in [5, 5.41) is 3.37. The molecule has 6 nitrogen and oxygen atoms in total. The lowest BCUT2D eigenvalue weighted by atomic mass is 10.2. The Morgan fingerprint density at radius 2 is 2.04 bits per heavy atom. The minimum Gasteiger partial charge on any atom is -0.379 e. The first-order valence-electron chi connectivity index (χ1n) is 8.37. The van der Waals surface area contributed by atoms with Gasteiger partial charge in [0.15, 0.2) is 0 Å². The van der Waals surface area contributed by atoms with Crippen LogP contribution >= 0.6 is 0 Å². The van der Waals surface area contributed by atoms with Crippen molar-refractivity contribution < 1.29 is 9.53 Å². The van der Waals surface area contributed by atoms with Gasteiger partial charge in [-0.15, -0.1) is 0 Å². The fourth-order valence-corrected chi connectivity index (χ4v) is 2.58. The molecule has 3 aromatic rings. The number of nitrogens with one attached hydrogen (secondary N) is 1. The smallest absolute Gasteiger partial charge is 0.265 e. The lowest BCUT2D eigenvalue weighted by molar-refractivity contribution is 0.0757. The number of para-hydroxylation sites is 1. The van der Waals surface area contributed by atoms with Crippen molar-refractivity contribution in [1.82, 2.24) is 14.7 Å². The Kier molecular flexibility index (Phi) is 5.09. The zero-order valence-electron chi connectivity index (χ0n) is 14.4. The van der Waals surface area contributed by atoms with E-state index in [9.17, 15) is 9.59 Å². The van der Waals surface area contributed by atoms with Crippen molar-refractivity contribution >= 4 is 22.5 Å². The fourth-order valence-electron chi connectivity index (χ4n) is 2.58. The van der Waals surface area contributed by atoms with Gasteiger partial charge >= 0.3 is 0 Å². The maximum atomic E-state index is 12.6. The van der Waals surface area contributed by atoms with Gasteiger partial charge in [0.05, 0.1) is 22.6 Å². The van der Waals surface area contributed by atoms with E-state index in [0.717, 1.165) is 6.42 Å². The van der Waals surface area contributed by atoms with E-state index < -0.39 is 0 Å². The molecule has 6 heteroatoms. The lowest BCUT2D eigenvalue weighted by Gasteiger charge is -2.09. The number of rotatable bonds is 6. The molecule has 2 heterocycles. The van der Waals surface area contributed by atoms with Gasteiger partial charge in [-0.2, -0.15) is 0 Å². The Bertz CT molecular complexity index is 963. The van der Waals surface area contributed by atoms with Gasteiger partial charge in [0.25, 0.3) is 11.5 Å². The van der Waals surface area contributed by atoms with E-state index in [4.69, 9.17) is 4.74 Å². The number of hydrogen-bond donors (Lipinski definition) is 1. The van der Waals surface area contributed by atoms with Gasteiger partial charge in [0.1, 0.15) is 5.65 Å². The van der Waals surface area contributed by atoms with Gasteiger partial charge in [-0.25, -0.2) is 4.98 Å². The molecule has 0 radical (unpaired) electrons. The van der Waals surface area contributed by atoms with Crippen molar-refractivity contribution in [2.75, 3.05) is 13.2 Å². The van der Waals surface area contributed by atoms with Crippen LogP contribution < -0.4 is 10.9 Å². The highest BCUT2D eigenvalue weighted by Crippen LogP contribution is 2.10. The summed E-state index contributed by atoms with van der Waals surface area (Å²) >= 11 is 0. The first-order chi connectivity index (χ1) is 12.1. The fraction of sp³-hybridized carbons (Fsp3) is 0.316. The van der Waals surface area contributed by atoms with Gasteiger partial charge < -0.3 is 10.1 Å². The van der Waals surface area contributed by atoms with Gasteiger partial charge in [-0.1, -0.05) is 12.1 Å². The van der Waals surface area contributed by atoms with Crippen LogP contribution in [0.5, 0.6) is 0 Å². The Balaban J connectivity index is 1.78. The van der Waals surface area contributed by atoms with Gasteiger partial charge in [-0.05, 0) is 44.5 Å². The van der Waals surface area contributed by atoms with E-state index in [1.807, 2.05) is 19.9 Å². The van der Waals surface area contributed by atoms with Gasteiger partial charge in [-0.3, -0.25) is 14.0 Å². The number of ether oxygens (including phenoxy) is 1. The number of hydrogen-bond acceptors (Lipinski definition) is 4. The number of nitrogens with zero attached hydrogens (tertiary/aromatic N) is 2. The van der Waals surface area contributed by atoms with Crippen LogP contribution in [0.4, 0.5) is 0 Å². The topological polar surface area (TPSA) is 72.7 Å². The first-order valence-corrected chi connectivity index (χ1v) is 8.37. The van der Waals surface area contributed by atoms with Crippen LogP contribution in [0, 0.1) is 0 Å². The highest BCUT2D eigenvalue weighted by Gasteiger charge is 2.09. The first kappa shape index (κ1) is 17.1. The minimum atomic E-state index is -0.216. The molecule has 25 heavy (non-hydrogen) atoms. The van der Waals surface area contributed by atoms with Crippen molar-refractivity contribution in [3.8, 4) is 0 Å². The number of benzene rings is 1. The van der Waals surface area contributed by atoms with Crippen LogP contribution in [0.1, 0.15) is 30.6 Å². The van der Waals surface area contributed by atoms with Crippen LogP contribution in [0.25, 0.3) is 16.6 Å². The highest BCUT2D eigenvalue weighted by atomic mass is 16.5. The second kappa shape index (κ2) is 7.44. The number of amides is 1. The van der Waals surface area contributed by atoms with Crippen molar-refractivity contribution in [3.63, 3.8) is 0 Å². The lowest BCUT2D eigenvalue weighted by Crippen LogP contribution is -2.26. The zero-order chi connectivity index (χ0) is 17.8. The Hall–Kier alpha value is -2.73. The van der Waals surface area contributed by atoms with Gasteiger partial charge in [0, 0.05) is 19.3 Å². The molecule has 0 bridgehead atoms. The summed E-state index contributed by atoms with van der Waals surface area (Å²) in [4.78, 5) is 29.3. The molecular formula is C19H21N3O3. The average molecular weight is 339 g/mol. The summed E-state index contributed by atoms with van der Waals surface area (Å²) in [7, 11) is 0. The third kappa shape index (κ3) is 3.85. The standard InChI is InChI=1S/C19H21N3O3/c1-13(2)25-11-5-10-20-18(23)14-8-9-17-21-16-7-4-3-6-15(16)19(24)22(17)12-14/h3-4,6-9,12-13H,5,10-11H2,1-2H3,(H,20,23). The SMILES string of the molecule is CC(C)OCCCNC(=O)c1ccc2nc3ccccc3c(=O)n2c1. The molecule has 0 aliphatic heterocycles. The summed E-state index contributed by atoms with van der Waals surface area (Å²) in [6.45, 7) is 5.08. The quantitative estimate of drug-likeness (QED) is 0.553.